The van der Waals surface area contributed by atoms with Crippen LogP contribution >= 0.6 is 24.0 Å². The predicted molar refractivity (Wildman–Crippen MR) is 132 cm³/mol. The third kappa shape index (κ3) is 5.03. The Morgan fingerprint density at radius 1 is 0.882 bits per heavy atom. The SMILES string of the molecule is Cl.Fc1ccc2[nH]c(-c3cccc(Cc4cc(Cl)ccc4OCc4ccccc4)n3)nc2c1F. The summed E-state index contributed by atoms with van der Waals surface area (Å²) in [4.78, 5) is 11.9. The number of aromatic nitrogens is 3. The molecule has 34 heavy (non-hydrogen) atoms. The summed E-state index contributed by atoms with van der Waals surface area (Å²) in [7, 11) is 0. The molecule has 5 aromatic rings. The van der Waals surface area contributed by atoms with E-state index in [1.54, 1.807) is 12.1 Å². The van der Waals surface area contributed by atoms with Crippen LogP contribution in [0.4, 0.5) is 8.78 Å². The first-order chi connectivity index (χ1) is 16.1. The molecule has 4 nitrogen and oxygen atoms in total. The highest BCUT2D eigenvalue weighted by Gasteiger charge is 2.14. The highest BCUT2D eigenvalue weighted by atomic mass is 35.5. The number of H-pyrrole nitrogens is 1. The number of aromatic amines is 1. The molecule has 8 heteroatoms. The Balaban J connectivity index is 0.00000274. The number of halogens is 4. The van der Waals surface area contributed by atoms with Gasteiger partial charge >= 0.3 is 0 Å². The molecule has 0 bridgehead atoms. The van der Waals surface area contributed by atoms with Crippen molar-refractivity contribution in [3.63, 3.8) is 0 Å². The van der Waals surface area contributed by atoms with Crippen LogP contribution in [0.5, 0.6) is 5.75 Å². The van der Waals surface area contributed by atoms with Gasteiger partial charge in [0.2, 0.25) is 0 Å². The maximum Gasteiger partial charge on any atom is 0.186 e. The fourth-order valence-electron chi connectivity index (χ4n) is 3.61. The van der Waals surface area contributed by atoms with Crippen LogP contribution in [0.15, 0.2) is 78.9 Å². The van der Waals surface area contributed by atoms with Gasteiger partial charge in [-0.25, -0.2) is 18.7 Å². The van der Waals surface area contributed by atoms with Crippen LogP contribution in [-0.2, 0) is 13.0 Å². The predicted octanol–water partition coefficient (Wildman–Crippen LogP) is 7.15. The van der Waals surface area contributed by atoms with E-state index in [2.05, 4.69) is 15.0 Å². The summed E-state index contributed by atoms with van der Waals surface area (Å²) < 4.78 is 33.7. The molecule has 0 aliphatic rings. The Labute approximate surface area is 206 Å². The highest BCUT2D eigenvalue weighted by molar-refractivity contribution is 6.30. The van der Waals surface area contributed by atoms with Gasteiger partial charge in [0.25, 0.3) is 0 Å². The molecular formula is C26H19Cl2F2N3O. The van der Waals surface area contributed by atoms with E-state index in [1.807, 2.05) is 54.6 Å². The Kier molecular flexibility index (Phi) is 7.10. The first-order valence-electron chi connectivity index (χ1n) is 10.3. The number of hydrogen-bond acceptors (Lipinski definition) is 3. The lowest BCUT2D eigenvalue weighted by atomic mass is 10.1. The molecule has 3 aromatic carbocycles. The van der Waals surface area contributed by atoms with Crippen molar-refractivity contribution in [2.24, 2.45) is 0 Å². The molecule has 0 aliphatic heterocycles. The molecule has 0 fully saturated rings. The first-order valence-corrected chi connectivity index (χ1v) is 10.7. The first kappa shape index (κ1) is 23.7. The van der Waals surface area contributed by atoms with Gasteiger partial charge < -0.3 is 9.72 Å². The van der Waals surface area contributed by atoms with Crippen LogP contribution < -0.4 is 4.74 Å². The molecule has 0 spiro atoms. The minimum absolute atomic E-state index is 0. The van der Waals surface area contributed by atoms with Crippen molar-refractivity contribution in [3.05, 3.63) is 112 Å². The fraction of sp³-hybridized carbons (Fsp3) is 0.0769. The van der Waals surface area contributed by atoms with Crippen molar-refractivity contribution in [2.45, 2.75) is 13.0 Å². The lowest BCUT2D eigenvalue weighted by Gasteiger charge is -2.12. The van der Waals surface area contributed by atoms with Gasteiger partial charge in [-0.1, -0.05) is 48.0 Å². The second-order valence-corrected chi connectivity index (χ2v) is 8.00. The Hall–Kier alpha value is -3.48. The van der Waals surface area contributed by atoms with Crippen LogP contribution in [0.1, 0.15) is 16.8 Å². The van der Waals surface area contributed by atoms with Gasteiger partial charge in [-0.3, -0.25) is 0 Å². The van der Waals surface area contributed by atoms with Crippen LogP contribution in [0.25, 0.3) is 22.6 Å². The minimum atomic E-state index is -0.981. The maximum absolute atomic E-state index is 14.1. The standard InChI is InChI=1S/C26H18ClF2N3O.ClH/c27-18-9-12-23(33-15-16-5-2-1-3-6-16)17(13-18)14-19-7-4-8-22(30-19)26-31-21-11-10-20(28)24(29)25(21)32-26;/h1-13H,14-15H2,(H,31,32);1H. The third-order valence-corrected chi connectivity index (χ3v) is 5.46. The van der Waals surface area contributed by atoms with Crippen LogP contribution in [0.2, 0.25) is 5.02 Å². The number of benzene rings is 3. The number of nitrogens with zero attached hydrogens (tertiary/aromatic N) is 2. The molecule has 0 saturated carbocycles. The Bertz CT molecular complexity index is 1440. The van der Waals surface area contributed by atoms with E-state index in [0.717, 1.165) is 28.6 Å². The molecular weight excluding hydrogens is 479 g/mol. The van der Waals surface area contributed by atoms with E-state index in [9.17, 15) is 8.78 Å². The summed E-state index contributed by atoms with van der Waals surface area (Å²) in [5.74, 6) is -0.837. The van der Waals surface area contributed by atoms with Crippen molar-refractivity contribution in [3.8, 4) is 17.3 Å². The third-order valence-electron chi connectivity index (χ3n) is 5.23. The number of pyridine rings is 1. The average Bonchev–Trinajstić information content (AvgIpc) is 3.27. The molecule has 0 aliphatic carbocycles. The number of rotatable bonds is 6. The molecule has 1 N–H and O–H groups in total. The van der Waals surface area contributed by atoms with E-state index in [1.165, 1.54) is 6.07 Å². The summed E-state index contributed by atoms with van der Waals surface area (Å²) >= 11 is 6.24. The van der Waals surface area contributed by atoms with Crippen LogP contribution in [0.3, 0.4) is 0 Å². The van der Waals surface area contributed by atoms with E-state index in [0.29, 0.717) is 35.1 Å². The zero-order chi connectivity index (χ0) is 22.8. The van der Waals surface area contributed by atoms with Gasteiger partial charge in [0.15, 0.2) is 17.5 Å². The zero-order valence-corrected chi connectivity index (χ0v) is 19.3. The largest absolute Gasteiger partial charge is 0.489 e. The smallest absolute Gasteiger partial charge is 0.186 e. The quantitative estimate of drug-likeness (QED) is 0.271. The van der Waals surface area contributed by atoms with E-state index < -0.39 is 11.6 Å². The molecule has 0 saturated heterocycles. The van der Waals surface area contributed by atoms with Gasteiger partial charge in [0.1, 0.15) is 23.6 Å². The van der Waals surface area contributed by atoms with Crippen molar-refractivity contribution in [2.75, 3.05) is 0 Å². The fourth-order valence-corrected chi connectivity index (χ4v) is 3.80. The van der Waals surface area contributed by atoms with E-state index >= 15 is 0 Å². The molecule has 2 heterocycles. The zero-order valence-electron chi connectivity index (χ0n) is 17.8. The van der Waals surface area contributed by atoms with Crippen molar-refractivity contribution < 1.29 is 13.5 Å². The minimum Gasteiger partial charge on any atom is -0.489 e. The molecule has 0 amide bonds. The summed E-state index contributed by atoms with van der Waals surface area (Å²) in [5, 5.41) is 0.600. The summed E-state index contributed by atoms with van der Waals surface area (Å²) in [6, 6.07) is 23.4. The van der Waals surface area contributed by atoms with Gasteiger partial charge in [-0.05, 0) is 48.0 Å². The van der Waals surface area contributed by atoms with E-state index in [4.69, 9.17) is 16.3 Å². The number of fused-ring (bicyclic) bond motifs is 1. The van der Waals surface area contributed by atoms with Crippen LogP contribution in [0, 0.1) is 11.6 Å². The average molecular weight is 498 g/mol. The second-order valence-electron chi connectivity index (χ2n) is 7.56. The second kappa shape index (κ2) is 10.2. The lowest BCUT2D eigenvalue weighted by molar-refractivity contribution is 0.303. The normalized spacial score (nSPS) is 10.8. The van der Waals surface area contributed by atoms with Crippen molar-refractivity contribution in [1.29, 1.82) is 0 Å². The molecule has 172 valence electrons. The number of ether oxygens (including phenoxy) is 1. The van der Waals surface area contributed by atoms with Gasteiger partial charge in [0, 0.05) is 22.7 Å². The Morgan fingerprint density at radius 2 is 1.71 bits per heavy atom. The Morgan fingerprint density at radius 3 is 2.53 bits per heavy atom. The number of imidazole rings is 1. The monoisotopic (exact) mass is 497 g/mol. The van der Waals surface area contributed by atoms with E-state index in [-0.39, 0.29) is 17.9 Å². The van der Waals surface area contributed by atoms with Crippen molar-refractivity contribution >= 4 is 35.0 Å². The maximum atomic E-state index is 14.1. The van der Waals surface area contributed by atoms with Crippen molar-refractivity contribution in [1.82, 2.24) is 15.0 Å². The molecule has 0 unspecified atom stereocenters. The molecule has 0 radical (unpaired) electrons. The lowest BCUT2D eigenvalue weighted by Crippen LogP contribution is -2.01. The summed E-state index contributed by atoms with van der Waals surface area (Å²) in [6.07, 6.45) is 0.474. The van der Waals surface area contributed by atoms with Gasteiger partial charge in [0.05, 0.1) is 5.52 Å². The molecule has 5 rings (SSSR count). The summed E-state index contributed by atoms with van der Waals surface area (Å²) in [6.45, 7) is 0.435. The van der Waals surface area contributed by atoms with Gasteiger partial charge in [-0.15, -0.1) is 12.4 Å². The number of nitrogens with one attached hydrogen (secondary N) is 1. The molecule has 0 atom stereocenters. The topological polar surface area (TPSA) is 50.8 Å². The molecule has 2 aromatic heterocycles. The number of hydrogen-bond donors (Lipinski definition) is 1. The highest BCUT2D eigenvalue weighted by Crippen LogP contribution is 2.27. The van der Waals surface area contributed by atoms with Gasteiger partial charge in [-0.2, -0.15) is 0 Å². The summed E-state index contributed by atoms with van der Waals surface area (Å²) in [5.41, 5.74) is 3.59. The van der Waals surface area contributed by atoms with Crippen LogP contribution in [-0.4, -0.2) is 15.0 Å².